The summed E-state index contributed by atoms with van der Waals surface area (Å²) in [4.78, 5) is 0. The lowest BCUT2D eigenvalue weighted by atomic mass is 9.97. The van der Waals surface area contributed by atoms with Gasteiger partial charge in [0.1, 0.15) is 0 Å². The van der Waals surface area contributed by atoms with Crippen molar-refractivity contribution in [3.63, 3.8) is 0 Å². The highest BCUT2D eigenvalue weighted by Gasteiger charge is 2.12. The van der Waals surface area contributed by atoms with E-state index in [2.05, 4.69) is 87.9 Å². The van der Waals surface area contributed by atoms with E-state index >= 15 is 0 Å². The van der Waals surface area contributed by atoms with E-state index in [9.17, 15) is 0 Å². The highest BCUT2D eigenvalue weighted by atomic mass is 127. The summed E-state index contributed by atoms with van der Waals surface area (Å²) in [7, 11) is 0. The van der Waals surface area contributed by atoms with Gasteiger partial charge in [0.2, 0.25) is 0 Å². The van der Waals surface area contributed by atoms with Crippen molar-refractivity contribution in [2.45, 2.75) is 19.4 Å². The van der Waals surface area contributed by atoms with Gasteiger partial charge in [0, 0.05) is 14.1 Å². The fourth-order valence-corrected chi connectivity index (χ4v) is 3.04. The van der Waals surface area contributed by atoms with Crippen LogP contribution in [0, 0.1) is 10.5 Å². The predicted molar refractivity (Wildman–Crippen MR) is 88.7 cm³/mol. The smallest absolute Gasteiger partial charge is 0.0347 e. The third-order valence-corrected chi connectivity index (χ3v) is 4.45. The van der Waals surface area contributed by atoms with Crippen LogP contribution in [0.15, 0.2) is 46.9 Å². The Morgan fingerprint density at radius 1 is 1.22 bits per heavy atom. The van der Waals surface area contributed by atoms with Gasteiger partial charge in [0.05, 0.1) is 0 Å². The summed E-state index contributed by atoms with van der Waals surface area (Å²) in [6.07, 6.45) is 0.866. The van der Waals surface area contributed by atoms with Gasteiger partial charge in [-0.15, -0.1) is 0 Å². The first kappa shape index (κ1) is 14.0. The standard InChI is InChI=1S/C15H15BrIN/c1-10-4-2-3-5-11(10)8-15(18)13-9-12(17)6-7-14(13)16/h2-7,9,15H,8,18H2,1H3. The van der Waals surface area contributed by atoms with Crippen molar-refractivity contribution < 1.29 is 0 Å². The van der Waals surface area contributed by atoms with E-state index in [1.54, 1.807) is 0 Å². The second-order valence-electron chi connectivity index (χ2n) is 4.40. The molecule has 2 rings (SSSR count). The Bertz CT molecular complexity index is 554. The number of hydrogen-bond acceptors (Lipinski definition) is 1. The van der Waals surface area contributed by atoms with E-state index in [1.165, 1.54) is 20.3 Å². The van der Waals surface area contributed by atoms with Crippen LogP contribution in [0.3, 0.4) is 0 Å². The monoisotopic (exact) mass is 415 g/mol. The topological polar surface area (TPSA) is 26.0 Å². The Morgan fingerprint density at radius 3 is 2.67 bits per heavy atom. The molecule has 2 aromatic carbocycles. The molecular weight excluding hydrogens is 401 g/mol. The predicted octanol–water partition coefficient (Wildman–Crippen LogP) is 4.60. The molecule has 0 aliphatic heterocycles. The maximum absolute atomic E-state index is 6.33. The Kier molecular flexibility index (Phi) is 4.81. The molecular formula is C15H15BrIN. The second-order valence-corrected chi connectivity index (χ2v) is 6.50. The van der Waals surface area contributed by atoms with Gasteiger partial charge in [-0.25, -0.2) is 0 Å². The van der Waals surface area contributed by atoms with Gasteiger partial charge in [0.25, 0.3) is 0 Å². The number of aryl methyl sites for hydroxylation is 1. The van der Waals surface area contributed by atoms with Crippen molar-refractivity contribution in [2.75, 3.05) is 0 Å². The van der Waals surface area contributed by atoms with Crippen LogP contribution >= 0.6 is 38.5 Å². The molecule has 0 heterocycles. The zero-order valence-corrected chi connectivity index (χ0v) is 13.9. The van der Waals surface area contributed by atoms with Gasteiger partial charge in [-0.3, -0.25) is 0 Å². The second kappa shape index (κ2) is 6.17. The number of nitrogens with two attached hydrogens (primary N) is 1. The zero-order valence-electron chi connectivity index (χ0n) is 10.2. The lowest BCUT2D eigenvalue weighted by Crippen LogP contribution is -2.14. The molecule has 1 atom stereocenters. The molecule has 0 aromatic heterocycles. The van der Waals surface area contributed by atoms with E-state index in [1.807, 2.05) is 0 Å². The van der Waals surface area contributed by atoms with Crippen molar-refractivity contribution in [1.82, 2.24) is 0 Å². The molecule has 0 amide bonds. The fourth-order valence-electron chi connectivity index (χ4n) is 1.98. The Labute approximate surface area is 130 Å². The van der Waals surface area contributed by atoms with E-state index in [0.29, 0.717) is 0 Å². The lowest BCUT2D eigenvalue weighted by Gasteiger charge is -2.16. The minimum atomic E-state index is 0.0233. The third-order valence-electron chi connectivity index (χ3n) is 3.06. The zero-order chi connectivity index (χ0) is 13.1. The van der Waals surface area contributed by atoms with Crippen LogP contribution in [0.4, 0.5) is 0 Å². The summed E-state index contributed by atoms with van der Waals surface area (Å²) in [5.41, 5.74) is 10.1. The normalized spacial score (nSPS) is 12.4. The molecule has 0 aliphatic carbocycles. The molecule has 1 nitrogen and oxygen atoms in total. The number of halogens is 2. The summed E-state index contributed by atoms with van der Waals surface area (Å²) in [6.45, 7) is 2.13. The molecule has 94 valence electrons. The van der Waals surface area contributed by atoms with Crippen LogP contribution in [-0.2, 0) is 6.42 Å². The highest BCUT2D eigenvalue weighted by molar-refractivity contribution is 14.1. The Balaban J connectivity index is 2.25. The average molecular weight is 416 g/mol. The van der Waals surface area contributed by atoms with Gasteiger partial charge < -0.3 is 5.73 Å². The van der Waals surface area contributed by atoms with Gasteiger partial charge in [-0.1, -0.05) is 40.2 Å². The average Bonchev–Trinajstić information content (AvgIpc) is 2.35. The van der Waals surface area contributed by atoms with Crippen molar-refractivity contribution in [1.29, 1.82) is 0 Å². The van der Waals surface area contributed by atoms with E-state index in [-0.39, 0.29) is 6.04 Å². The molecule has 0 fully saturated rings. The summed E-state index contributed by atoms with van der Waals surface area (Å²) < 4.78 is 2.30. The van der Waals surface area contributed by atoms with Gasteiger partial charge in [0.15, 0.2) is 0 Å². The molecule has 0 radical (unpaired) electrons. The van der Waals surface area contributed by atoms with E-state index in [0.717, 1.165) is 10.9 Å². The summed E-state index contributed by atoms with van der Waals surface area (Å²) in [5.74, 6) is 0. The Morgan fingerprint density at radius 2 is 1.94 bits per heavy atom. The SMILES string of the molecule is Cc1ccccc1CC(N)c1cc(I)ccc1Br. The first-order valence-corrected chi connectivity index (χ1v) is 7.70. The number of rotatable bonds is 3. The van der Waals surface area contributed by atoms with Crippen LogP contribution in [0.25, 0.3) is 0 Å². The van der Waals surface area contributed by atoms with Crippen molar-refractivity contribution in [3.8, 4) is 0 Å². The van der Waals surface area contributed by atoms with Gasteiger partial charge >= 0.3 is 0 Å². The summed E-state index contributed by atoms with van der Waals surface area (Å²) >= 11 is 5.90. The van der Waals surface area contributed by atoms with E-state index in [4.69, 9.17) is 5.73 Å². The molecule has 0 saturated carbocycles. The number of hydrogen-bond donors (Lipinski definition) is 1. The van der Waals surface area contributed by atoms with Crippen molar-refractivity contribution in [2.24, 2.45) is 5.73 Å². The van der Waals surface area contributed by atoms with E-state index < -0.39 is 0 Å². The molecule has 1 unspecified atom stereocenters. The van der Waals surface area contributed by atoms with Crippen molar-refractivity contribution in [3.05, 3.63) is 67.2 Å². The molecule has 3 heteroatoms. The van der Waals surface area contributed by atoms with Crippen LogP contribution in [0.5, 0.6) is 0 Å². The van der Waals surface area contributed by atoms with Crippen LogP contribution in [-0.4, -0.2) is 0 Å². The first-order valence-electron chi connectivity index (χ1n) is 5.83. The minimum absolute atomic E-state index is 0.0233. The lowest BCUT2D eigenvalue weighted by molar-refractivity contribution is 0.715. The Hall–Kier alpha value is -0.390. The molecule has 18 heavy (non-hydrogen) atoms. The largest absolute Gasteiger partial charge is 0.324 e. The van der Waals surface area contributed by atoms with Crippen LogP contribution in [0.2, 0.25) is 0 Å². The fraction of sp³-hybridized carbons (Fsp3) is 0.200. The van der Waals surface area contributed by atoms with Gasteiger partial charge in [-0.2, -0.15) is 0 Å². The third kappa shape index (κ3) is 3.33. The van der Waals surface area contributed by atoms with Crippen LogP contribution in [0.1, 0.15) is 22.7 Å². The maximum atomic E-state index is 6.33. The minimum Gasteiger partial charge on any atom is -0.324 e. The molecule has 2 N–H and O–H groups in total. The number of benzene rings is 2. The quantitative estimate of drug-likeness (QED) is 0.728. The molecule has 0 saturated heterocycles. The summed E-state index contributed by atoms with van der Waals surface area (Å²) in [6, 6.07) is 14.7. The van der Waals surface area contributed by atoms with Crippen molar-refractivity contribution >= 4 is 38.5 Å². The maximum Gasteiger partial charge on any atom is 0.0347 e. The molecule has 0 bridgehead atoms. The first-order chi connectivity index (χ1) is 8.58. The van der Waals surface area contributed by atoms with Gasteiger partial charge in [-0.05, 0) is 70.8 Å². The highest BCUT2D eigenvalue weighted by Crippen LogP contribution is 2.27. The molecule has 2 aromatic rings. The summed E-state index contributed by atoms with van der Waals surface area (Å²) in [5, 5.41) is 0. The molecule has 0 spiro atoms. The van der Waals surface area contributed by atoms with Crippen LogP contribution < -0.4 is 5.73 Å². The molecule has 0 aliphatic rings.